The molecule has 2 aromatic rings. The quantitative estimate of drug-likeness (QED) is 0.749. The van der Waals surface area contributed by atoms with Crippen molar-refractivity contribution < 1.29 is 0 Å². The molecule has 0 saturated carbocycles. The predicted molar refractivity (Wildman–Crippen MR) is 60.4 cm³/mol. The lowest BCUT2D eigenvalue weighted by atomic mass is 10.2. The van der Waals surface area contributed by atoms with E-state index in [1.807, 2.05) is 39.1 Å². The molecule has 0 bridgehead atoms. The number of nitrogens with one attached hydrogen (secondary N) is 1. The van der Waals surface area contributed by atoms with E-state index in [0.29, 0.717) is 0 Å². The van der Waals surface area contributed by atoms with Crippen LogP contribution in [0.1, 0.15) is 13.8 Å². The minimum absolute atomic E-state index is 0.782. The molecule has 0 aliphatic heterocycles. The summed E-state index contributed by atoms with van der Waals surface area (Å²) in [7, 11) is 1.89. The monoisotopic (exact) mass is 189 g/mol. The fourth-order valence-electron chi connectivity index (χ4n) is 1.20. The molecule has 14 heavy (non-hydrogen) atoms. The Labute approximate surface area is 84.2 Å². The molecule has 0 saturated heterocycles. The van der Waals surface area contributed by atoms with Crippen LogP contribution in [-0.4, -0.2) is 17.0 Å². The Kier molecular flexibility index (Phi) is 3.85. The first-order valence-corrected chi connectivity index (χ1v) is 4.79. The maximum Gasteiger partial charge on any atom is 0.161 e. The normalized spacial score (nSPS) is 9.07. The van der Waals surface area contributed by atoms with Gasteiger partial charge in [0, 0.05) is 30.5 Å². The van der Waals surface area contributed by atoms with Gasteiger partial charge in [-0.25, -0.2) is 9.97 Å². The van der Waals surface area contributed by atoms with E-state index in [9.17, 15) is 0 Å². The van der Waals surface area contributed by atoms with E-state index in [4.69, 9.17) is 0 Å². The van der Waals surface area contributed by atoms with Crippen LogP contribution in [0.5, 0.6) is 0 Å². The van der Waals surface area contributed by atoms with Crippen molar-refractivity contribution in [2.75, 3.05) is 12.4 Å². The summed E-state index contributed by atoms with van der Waals surface area (Å²) in [6.07, 6.45) is 3.50. The Balaban J connectivity index is 0.000000461. The summed E-state index contributed by atoms with van der Waals surface area (Å²) in [5, 5.41) is 4.15. The summed E-state index contributed by atoms with van der Waals surface area (Å²) in [6.45, 7) is 4.00. The third-order valence-corrected chi connectivity index (χ3v) is 1.78. The van der Waals surface area contributed by atoms with E-state index in [-0.39, 0.29) is 0 Å². The lowest BCUT2D eigenvalue weighted by Gasteiger charge is -2.02. The van der Waals surface area contributed by atoms with Crippen molar-refractivity contribution >= 4 is 16.7 Å². The van der Waals surface area contributed by atoms with E-state index >= 15 is 0 Å². The van der Waals surface area contributed by atoms with Crippen LogP contribution in [0.2, 0.25) is 0 Å². The van der Waals surface area contributed by atoms with Crippen molar-refractivity contribution in [3.8, 4) is 0 Å². The summed E-state index contributed by atoms with van der Waals surface area (Å²) in [6, 6.07) is 5.84. The maximum atomic E-state index is 4.14. The number of aromatic nitrogens is 2. The standard InChI is InChI=1S/C9H9N3.C2H6/c1-10-8-4-6-12-9-7(8)3-2-5-11-9;1-2/h2-6H,1H3,(H,10,11,12);1-2H3. The van der Waals surface area contributed by atoms with Crippen LogP contribution in [0.25, 0.3) is 11.0 Å². The van der Waals surface area contributed by atoms with Gasteiger partial charge in [-0.15, -0.1) is 0 Å². The van der Waals surface area contributed by atoms with Crippen molar-refractivity contribution in [2.24, 2.45) is 0 Å². The number of anilines is 1. The van der Waals surface area contributed by atoms with Gasteiger partial charge >= 0.3 is 0 Å². The molecular weight excluding hydrogens is 174 g/mol. The molecule has 3 nitrogen and oxygen atoms in total. The van der Waals surface area contributed by atoms with Crippen LogP contribution >= 0.6 is 0 Å². The molecule has 0 atom stereocenters. The van der Waals surface area contributed by atoms with Crippen LogP contribution in [-0.2, 0) is 0 Å². The summed E-state index contributed by atoms with van der Waals surface area (Å²) < 4.78 is 0. The fraction of sp³-hybridized carbons (Fsp3) is 0.273. The first-order chi connectivity index (χ1) is 6.92. The van der Waals surface area contributed by atoms with Gasteiger partial charge in [0.1, 0.15) is 0 Å². The molecule has 3 heteroatoms. The maximum absolute atomic E-state index is 4.14. The topological polar surface area (TPSA) is 37.8 Å². The van der Waals surface area contributed by atoms with E-state index in [0.717, 1.165) is 16.7 Å². The molecule has 0 fully saturated rings. The third-order valence-electron chi connectivity index (χ3n) is 1.78. The first kappa shape index (κ1) is 10.4. The second-order valence-corrected chi connectivity index (χ2v) is 2.48. The van der Waals surface area contributed by atoms with Gasteiger partial charge in [0.15, 0.2) is 5.65 Å². The minimum atomic E-state index is 0.782. The van der Waals surface area contributed by atoms with Crippen molar-refractivity contribution in [3.05, 3.63) is 30.6 Å². The molecule has 0 amide bonds. The van der Waals surface area contributed by atoms with E-state index in [2.05, 4.69) is 15.3 Å². The molecule has 1 N–H and O–H groups in total. The Bertz CT molecular complexity index is 393. The average Bonchev–Trinajstić information content (AvgIpc) is 2.31. The van der Waals surface area contributed by atoms with Gasteiger partial charge in [-0.3, -0.25) is 0 Å². The summed E-state index contributed by atoms with van der Waals surface area (Å²) in [5.41, 5.74) is 1.84. The molecule has 2 aromatic heterocycles. The van der Waals surface area contributed by atoms with Crippen molar-refractivity contribution in [1.29, 1.82) is 0 Å². The second kappa shape index (κ2) is 5.17. The molecule has 0 aliphatic rings. The summed E-state index contributed by atoms with van der Waals surface area (Å²) in [5.74, 6) is 0. The Morgan fingerprint density at radius 1 is 1.07 bits per heavy atom. The zero-order valence-electron chi connectivity index (χ0n) is 8.78. The lowest BCUT2D eigenvalue weighted by molar-refractivity contribution is 1.28. The highest BCUT2D eigenvalue weighted by Crippen LogP contribution is 2.17. The van der Waals surface area contributed by atoms with Crippen LogP contribution in [0.3, 0.4) is 0 Å². The molecule has 0 unspecified atom stereocenters. The van der Waals surface area contributed by atoms with E-state index in [1.165, 1.54) is 0 Å². The smallest absolute Gasteiger partial charge is 0.161 e. The summed E-state index contributed by atoms with van der Waals surface area (Å²) >= 11 is 0. The Hall–Kier alpha value is -1.64. The van der Waals surface area contributed by atoms with Gasteiger partial charge in [-0.2, -0.15) is 0 Å². The largest absolute Gasteiger partial charge is 0.387 e. The number of rotatable bonds is 1. The molecule has 0 aliphatic carbocycles. The van der Waals surface area contributed by atoms with Crippen molar-refractivity contribution in [2.45, 2.75) is 13.8 Å². The van der Waals surface area contributed by atoms with E-state index < -0.39 is 0 Å². The van der Waals surface area contributed by atoms with Crippen molar-refractivity contribution in [3.63, 3.8) is 0 Å². The predicted octanol–water partition coefficient (Wildman–Crippen LogP) is 2.70. The highest BCUT2D eigenvalue weighted by molar-refractivity contribution is 5.88. The van der Waals surface area contributed by atoms with Crippen LogP contribution in [0.15, 0.2) is 30.6 Å². The van der Waals surface area contributed by atoms with E-state index in [1.54, 1.807) is 12.4 Å². The van der Waals surface area contributed by atoms with Gasteiger partial charge in [0.25, 0.3) is 0 Å². The molecule has 0 aromatic carbocycles. The molecule has 2 rings (SSSR count). The SMILES string of the molecule is CC.CNc1ccnc2ncccc12. The zero-order valence-corrected chi connectivity index (χ0v) is 8.78. The lowest BCUT2D eigenvalue weighted by Crippen LogP contribution is -1.91. The second-order valence-electron chi connectivity index (χ2n) is 2.48. The number of fused-ring (bicyclic) bond motifs is 1. The minimum Gasteiger partial charge on any atom is -0.387 e. The molecule has 0 radical (unpaired) electrons. The number of nitrogens with zero attached hydrogens (tertiary/aromatic N) is 2. The highest BCUT2D eigenvalue weighted by atomic mass is 14.9. The van der Waals surface area contributed by atoms with Gasteiger partial charge in [0.2, 0.25) is 0 Å². The third kappa shape index (κ3) is 1.99. The van der Waals surface area contributed by atoms with Gasteiger partial charge < -0.3 is 5.32 Å². The Morgan fingerprint density at radius 3 is 2.50 bits per heavy atom. The van der Waals surface area contributed by atoms with Gasteiger partial charge in [0.05, 0.1) is 0 Å². The molecule has 0 spiro atoms. The average molecular weight is 189 g/mol. The highest BCUT2D eigenvalue weighted by Gasteiger charge is 1.97. The fourth-order valence-corrected chi connectivity index (χ4v) is 1.20. The van der Waals surface area contributed by atoms with Crippen LogP contribution in [0, 0.1) is 0 Å². The zero-order chi connectivity index (χ0) is 10.4. The van der Waals surface area contributed by atoms with Crippen molar-refractivity contribution in [1.82, 2.24) is 9.97 Å². The molecule has 74 valence electrons. The number of pyridine rings is 2. The molecular formula is C11H15N3. The van der Waals surface area contributed by atoms with Gasteiger partial charge in [-0.1, -0.05) is 13.8 Å². The number of hydrogen-bond donors (Lipinski definition) is 1. The number of hydrogen-bond acceptors (Lipinski definition) is 3. The van der Waals surface area contributed by atoms with Crippen LogP contribution < -0.4 is 5.32 Å². The first-order valence-electron chi connectivity index (χ1n) is 4.79. The summed E-state index contributed by atoms with van der Waals surface area (Å²) in [4.78, 5) is 8.28. The Morgan fingerprint density at radius 2 is 1.79 bits per heavy atom. The van der Waals surface area contributed by atoms with Gasteiger partial charge in [-0.05, 0) is 18.2 Å². The van der Waals surface area contributed by atoms with Crippen LogP contribution in [0.4, 0.5) is 5.69 Å². The molecule has 2 heterocycles.